The van der Waals surface area contributed by atoms with Crippen LogP contribution in [0.5, 0.6) is 5.75 Å². The Morgan fingerprint density at radius 2 is 2.17 bits per heavy atom. The predicted molar refractivity (Wildman–Crippen MR) is 68.2 cm³/mol. The number of aromatic hydroxyl groups is 1. The highest BCUT2D eigenvalue weighted by Crippen LogP contribution is 2.24. The smallest absolute Gasteiger partial charge is 0.269 e. The molecule has 0 saturated heterocycles. The molecule has 18 heavy (non-hydrogen) atoms. The maximum Gasteiger partial charge on any atom is 0.269 e. The van der Waals surface area contributed by atoms with Crippen LogP contribution in [0.2, 0.25) is 0 Å². The van der Waals surface area contributed by atoms with Crippen LogP contribution < -0.4 is 5.56 Å². The summed E-state index contributed by atoms with van der Waals surface area (Å²) in [5, 5.41) is 18.6. The predicted octanol–water partition coefficient (Wildman–Crippen LogP) is 2.11. The van der Waals surface area contributed by atoms with Gasteiger partial charge in [-0.3, -0.25) is 4.79 Å². The number of aryl methyl sites for hydroxylation is 1. The monoisotopic (exact) mass is 240 g/mol. The van der Waals surface area contributed by atoms with Crippen LogP contribution in [0.3, 0.4) is 0 Å². The first-order chi connectivity index (χ1) is 8.67. The van der Waals surface area contributed by atoms with E-state index in [9.17, 15) is 9.90 Å². The van der Waals surface area contributed by atoms with E-state index in [0.29, 0.717) is 17.7 Å². The van der Waals surface area contributed by atoms with Crippen LogP contribution in [0.15, 0.2) is 41.3 Å². The number of pyridine rings is 1. The van der Waals surface area contributed by atoms with Gasteiger partial charge in [-0.2, -0.15) is 5.26 Å². The van der Waals surface area contributed by atoms with E-state index in [1.807, 2.05) is 13.0 Å². The lowest BCUT2D eigenvalue weighted by molar-refractivity contribution is 0.475. The fourth-order valence-electron chi connectivity index (χ4n) is 1.85. The molecular weight excluding hydrogens is 228 g/mol. The molecule has 1 N–H and O–H groups in total. The summed E-state index contributed by atoms with van der Waals surface area (Å²) in [6.45, 7) is 2.37. The maximum absolute atomic E-state index is 12.0. The molecule has 0 aliphatic heterocycles. The van der Waals surface area contributed by atoms with Crippen molar-refractivity contribution in [1.82, 2.24) is 4.57 Å². The summed E-state index contributed by atoms with van der Waals surface area (Å²) in [7, 11) is 0. The molecule has 0 atom stereocenters. The van der Waals surface area contributed by atoms with Crippen molar-refractivity contribution in [2.45, 2.75) is 13.5 Å². The third-order valence-corrected chi connectivity index (χ3v) is 2.77. The average molecular weight is 240 g/mol. The molecule has 1 aromatic heterocycles. The van der Waals surface area contributed by atoms with E-state index >= 15 is 0 Å². The Kier molecular flexibility index (Phi) is 3.16. The molecule has 4 heteroatoms. The number of phenols is 1. The fraction of sp³-hybridized carbons (Fsp3) is 0.143. The first kappa shape index (κ1) is 11.9. The fourth-order valence-corrected chi connectivity index (χ4v) is 1.85. The van der Waals surface area contributed by atoms with Gasteiger partial charge in [0.05, 0.1) is 0 Å². The summed E-state index contributed by atoms with van der Waals surface area (Å²) in [5.74, 6) is 0.107. The first-order valence-corrected chi connectivity index (χ1v) is 5.60. The molecule has 0 fully saturated rings. The highest BCUT2D eigenvalue weighted by Gasteiger charge is 2.11. The van der Waals surface area contributed by atoms with E-state index < -0.39 is 0 Å². The molecule has 2 rings (SSSR count). The van der Waals surface area contributed by atoms with Crippen molar-refractivity contribution in [3.05, 3.63) is 52.4 Å². The molecule has 1 heterocycles. The Hall–Kier alpha value is -2.54. The average Bonchev–Trinajstić information content (AvgIpc) is 2.38. The molecular formula is C14H12N2O2. The van der Waals surface area contributed by atoms with Gasteiger partial charge in [0.1, 0.15) is 17.4 Å². The summed E-state index contributed by atoms with van der Waals surface area (Å²) in [4.78, 5) is 12.0. The number of aromatic nitrogens is 1. The number of rotatable bonds is 2. The van der Waals surface area contributed by atoms with Gasteiger partial charge in [0, 0.05) is 18.3 Å². The van der Waals surface area contributed by atoms with E-state index in [-0.39, 0.29) is 16.9 Å². The number of hydrogen-bond acceptors (Lipinski definition) is 3. The van der Waals surface area contributed by atoms with Gasteiger partial charge >= 0.3 is 0 Å². The van der Waals surface area contributed by atoms with Gasteiger partial charge in [0.25, 0.3) is 5.56 Å². The summed E-state index contributed by atoms with van der Waals surface area (Å²) >= 11 is 0. The number of nitrogens with zero attached hydrogens (tertiary/aromatic N) is 2. The lowest BCUT2D eigenvalue weighted by atomic mass is 10.0. The second kappa shape index (κ2) is 4.76. The minimum absolute atomic E-state index is 0.102. The maximum atomic E-state index is 12.0. The summed E-state index contributed by atoms with van der Waals surface area (Å²) in [5.41, 5.74) is 1.00. The van der Waals surface area contributed by atoms with Gasteiger partial charge in [-0.05, 0) is 30.7 Å². The van der Waals surface area contributed by atoms with Crippen molar-refractivity contribution in [3.8, 4) is 22.9 Å². The molecule has 0 unspecified atom stereocenters. The molecule has 0 saturated carbocycles. The summed E-state index contributed by atoms with van der Waals surface area (Å²) in [6, 6.07) is 10.2. The zero-order valence-electron chi connectivity index (χ0n) is 9.92. The Morgan fingerprint density at radius 3 is 2.78 bits per heavy atom. The zero-order chi connectivity index (χ0) is 13.1. The van der Waals surface area contributed by atoms with Crippen LogP contribution in [0, 0.1) is 11.3 Å². The Morgan fingerprint density at radius 1 is 1.39 bits per heavy atom. The second-order valence-electron chi connectivity index (χ2n) is 3.86. The third kappa shape index (κ3) is 1.98. The van der Waals surface area contributed by atoms with Crippen LogP contribution in [0.25, 0.3) is 11.1 Å². The number of nitriles is 1. The molecule has 90 valence electrons. The number of hydrogen-bond donors (Lipinski definition) is 1. The molecule has 0 bridgehead atoms. The normalized spacial score (nSPS) is 10.0. The molecule has 0 amide bonds. The van der Waals surface area contributed by atoms with Gasteiger partial charge in [0.15, 0.2) is 0 Å². The lowest BCUT2D eigenvalue weighted by Crippen LogP contribution is -2.21. The van der Waals surface area contributed by atoms with Crippen molar-refractivity contribution in [2.75, 3.05) is 0 Å². The van der Waals surface area contributed by atoms with Gasteiger partial charge in [-0.1, -0.05) is 12.1 Å². The van der Waals surface area contributed by atoms with E-state index in [2.05, 4.69) is 0 Å². The lowest BCUT2D eigenvalue weighted by Gasteiger charge is -2.07. The van der Waals surface area contributed by atoms with Crippen LogP contribution in [0.4, 0.5) is 0 Å². The van der Waals surface area contributed by atoms with Crippen molar-refractivity contribution in [1.29, 1.82) is 5.26 Å². The van der Waals surface area contributed by atoms with Crippen LogP contribution in [0.1, 0.15) is 12.5 Å². The Balaban J connectivity index is 2.70. The van der Waals surface area contributed by atoms with Crippen molar-refractivity contribution < 1.29 is 5.11 Å². The molecule has 0 aliphatic carbocycles. The molecule has 0 aliphatic rings. The highest BCUT2D eigenvalue weighted by molar-refractivity contribution is 5.70. The molecule has 4 nitrogen and oxygen atoms in total. The van der Waals surface area contributed by atoms with Crippen LogP contribution in [-0.4, -0.2) is 9.67 Å². The van der Waals surface area contributed by atoms with Crippen molar-refractivity contribution >= 4 is 0 Å². The van der Waals surface area contributed by atoms with Crippen LogP contribution in [-0.2, 0) is 6.54 Å². The van der Waals surface area contributed by atoms with Crippen LogP contribution >= 0.6 is 0 Å². The molecule has 0 radical (unpaired) electrons. The largest absolute Gasteiger partial charge is 0.508 e. The SMILES string of the molecule is CCn1ccc(-c2cccc(O)c2)c(C#N)c1=O. The van der Waals surface area contributed by atoms with E-state index in [4.69, 9.17) is 5.26 Å². The zero-order valence-corrected chi connectivity index (χ0v) is 9.92. The minimum Gasteiger partial charge on any atom is -0.508 e. The van der Waals surface area contributed by atoms with Gasteiger partial charge in [-0.25, -0.2) is 0 Å². The highest BCUT2D eigenvalue weighted by atomic mass is 16.3. The van der Waals surface area contributed by atoms with Gasteiger partial charge in [-0.15, -0.1) is 0 Å². The Bertz CT molecular complexity index is 681. The Labute approximate surface area is 104 Å². The topological polar surface area (TPSA) is 66.0 Å². The van der Waals surface area contributed by atoms with E-state index in [1.165, 1.54) is 10.6 Å². The first-order valence-electron chi connectivity index (χ1n) is 5.60. The number of phenolic OH excluding ortho intramolecular Hbond substituents is 1. The van der Waals surface area contributed by atoms with Gasteiger partial charge in [0.2, 0.25) is 0 Å². The van der Waals surface area contributed by atoms with Gasteiger partial charge < -0.3 is 9.67 Å². The molecule has 1 aromatic carbocycles. The quantitative estimate of drug-likeness (QED) is 0.874. The minimum atomic E-state index is -0.305. The van der Waals surface area contributed by atoms with E-state index in [0.717, 1.165) is 0 Å². The molecule has 0 spiro atoms. The third-order valence-electron chi connectivity index (χ3n) is 2.77. The van der Waals surface area contributed by atoms with Crippen molar-refractivity contribution in [2.24, 2.45) is 0 Å². The number of benzene rings is 1. The molecule has 2 aromatic rings. The summed E-state index contributed by atoms with van der Waals surface area (Å²) in [6.07, 6.45) is 1.66. The second-order valence-corrected chi connectivity index (χ2v) is 3.86. The summed E-state index contributed by atoms with van der Waals surface area (Å²) < 4.78 is 1.48. The van der Waals surface area contributed by atoms with Crippen molar-refractivity contribution in [3.63, 3.8) is 0 Å². The standard InChI is InChI=1S/C14H12N2O2/c1-2-16-7-6-12(13(9-15)14(16)18)10-4-3-5-11(17)8-10/h3-8,17H,2H2,1H3. The van der Waals surface area contributed by atoms with E-state index in [1.54, 1.807) is 30.5 Å².